The second-order valence-electron chi connectivity index (χ2n) is 2.51. The van der Waals surface area contributed by atoms with Gasteiger partial charge in [0.05, 0.1) is 0 Å². The number of rotatable bonds is 7. The fourth-order valence-corrected chi connectivity index (χ4v) is 1.45. The minimum atomic E-state index is -0.622. The minimum absolute atomic E-state index is 0.622. The highest BCUT2D eigenvalue weighted by molar-refractivity contribution is 6.13. The molecule has 0 aliphatic carbocycles. The largest absolute Gasteiger partial charge is 0.355 e. The van der Waals surface area contributed by atoms with Crippen molar-refractivity contribution < 1.29 is 9.47 Å². The Morgan fingerprint density at radius 3 is 2.08 bits per heavy atom. The molecule has 71 valence electrons. The minimum Gasteiger partial charge on any atom is -0.355 e. The standard InChI is InChI=1S/C8H18NO2Si/c1-3-10-8(12,11-4-2)6-5-7-9/h3-7,9H2,1-2H3. The van der Waals surface area contributed by atoms with Crippen LogP contribution in [0.15, 0.2) is 0 Å². The first-order valence-electron chi connectivity index (χ1n) is 4.41. The Balaban J connectivity index is 3.80. The lowest BCUT2D eigenvalue weighted by molar-refractivity contribution is -0.176. The molecule has 0 unspecified atom stereocenters. The van der Waals surface area contributed by atoms with Crippen LogP contribution in [0, 0.1) is 0 Å². The molecule has 0 aromatic carbocycles. The van der Waals surface area contributed by atoms with Gasteiger partial charge in [0, 0.05) is 13.2 Å². The molecule has 0 fully saturated rings. The van der Waals surface area contributed by atoms with E-state index in [4.69, 9.17) is 15.2 Å². The smallest absolute Gasteiger partial charge is 0.144 e. The van der Waals surface area contributed by atoms with Gasteiger partial charge < -0.3 is 15.2 Å². The Morgan fingerprint density at radius 2 is 1.75 bits per heavy atom. The van der Waals surface area contributed by atoms with E-state index in [2.05, 4.69) is 10.2 Å². The zero-order chi connectivity index (χ0) is 9.45. The van der Waals surface area contributed by atoms with Crippen LogP contribution in [-0.4, -0.2) is 35.4 Å². The van der Waals surface area contributed by atoms with Crippen molar-refractivity contribution in [1.82, 2.24) is 0 Å². The molecule has 0 aliphatic rings. The number of hydrogen-bond donors (Lipinski definition) is 1. The first-order chi connectivity index (χ1) is 5.68. The molecule has 4 heteroatoms. The average Bonchev–Trinajstić information content (AvgIpc) is 2.02. The molecule has 2 N–H and O–H groups in total. The maximum atomic E-state index is 5.41. The molecular weight excluding hydrogens is 170 g/mol. The predicted molar refractivity (Wildman–Crippen MR) is 50.0 cm³/mol. The Bertz CT molecular complexity index is 105. The van der Waals surface area contributed by atoms with Crippen molar-refractivity contribution in [3.63, 3.8) is 0 Å². The van der Waals surface area contributed by atoms with E-state index in [9.17, 15) is 0 Å². The highest BCUT2D eigenvalue weighted by Crippen LogP contribution is 2.15. The Kier molecular flexibility index (Phi) is 6.65. The van der Waals surface area contributed by atoms with Gasteiger partial charge in [-0.2, -0.15) is 0 Å². The van der Waals surface area contributed by atoms with Crippen LogP contribution in [0.2, 0.25) is 0 Å². The monoisotopic (exact) mass is 188 g/mol. The number of hydrogen-bond acceptors (Lipinski definition) is 3. The predicted octanol–water partition coefficient (Wildman–Crippen LogP) is 0.621. The molecule has 0 aromatic heterocycles. The van der Waals surface area contributed by atoms with Crippen LogP contribution in [-0.2, 0) is 9.47 Å². The summed E-state index contributed by atoms with van der Waals surface area (Å²) in [5, 5.41) is 0. The maximum Gasteiger partial charge on any atom is 0.144 e. The van der Waals surface area contributed by atoms with Crippen molar-refractivity contribution in [2.24, 2.45) is 5.73 Å². The van der Waals surface area contributed by atoms with Crippen LogP contribution in [0.4, 0.5) is 0 Å². The van der Waals surface area contributed by atoms with Gasteiger partial charge in [-0.3, -0.25) is 0 Å². The van der Waals surface area contributed by atoms with Crippen molar-refractivity contribution in [2.75, 3.05) is 19.8 Å². The highest BCUT2D eigenvalue weighted by atomic mass is 28.1. The first kappa shape index (κ1) is 12.1. The zero-order valence-electron chi connectivity index (χ0n) is 7.93. The summed E-state index contributed by atoms with van der Waals surface area (Å²) in [4.78, 5) is 0. The Labute approximate surface area is 78.0 Å². The third-order valence-corrected chi connectivity index (χ3v) is 2.00. The second-order valence-corrected chi connectivity index (χ2v) is 3.27. The molecule has 0 bridgehead atoms. The van der Waals surface area contributed by atoms with Crippen molar-refractivity contribution >= 4 is 10.2 Å². The van der Waals surface area contributed by atoms with Gasteiger partial charge in [0.15, 0.2) is 0 Å². The van der Waals surface area contributed by atoms with E-state index >= 15 is 0 Å². The van der Waals surface area contributed by atoms with Crippen LogP contribution in [0.25, 0.3) is 0 Å². The van der Waals surface area contributed by atoms with Crippen LogP contribution >= 0.6 is 0 Å². The lowest BCUT2D eigenvalue weighted by Crippen LogP contribution is -2.37. The molecular formula is C8H18NO2Si. The van der Waals surface area contributed by atoms with E-state index in [1.54, 1.807) is 0 Å². The van der Waals surface area contributed by atoms with Gasteiger partial charge >= 0.3 is 0 Å². The van der Waals surface area contributed by atoms with Crippen molar-refractivity contribution in [3.05, 3.63) is 0 Å². The van der Waals surface area contributed by atoms with Gasteiger partial charge in [0.2, 0.25) is 0 Å². The van der Waals surface area contributed by atoms with Crippen molar-refractivity contribution in [2.45, 2.75) is 32.1 Å². The SMILES string of the molecule is CCOC([Si])(CCCN)OCC. The second kappa shape index (κ2) is 6.60. The van der Waals surface area contributed by atoms with Gasteiger partial charge in [-0.05, 0) is 33.2 Å². The van der Waals surface area contributed by atoms with E-state index in [0.717, 1.165) is 12.8 Å². The van der Waals surface area contributed by atoms with E-state index in [1.807, 2.05) is 13.8 Å². The molecule has 12 heavy (non-hydrogen) atoms. The topological polar surface area (TPSA) is 44.5 Å². The van der Waals surface area contributed by atoms with E-state index in [-0.39, 0.29) is 0 Å². The van der Waals surface area contributed by atoms with Crippen LogP contribution in [0.1, 0.15) is 26.7 Å². The molecule has 3 nitrogen and oxygen atoms in total. The summed E-state index contributed by atoms with van der Waals surface area (Å²) in [5.41, 5.74) is 4.77. The molecule has 0 aliphatic heterocycles. The summed E-state index contributed by atoms with van der Waals surface area (Å²) in [5.74, 6) is 0. The van der Waals surface area contributed by atoms with E-state index in [0.29, 0.717) is 19.8 Å². The maximum absolute atomic E-state index is 5.41. The molecule has 0 heterocycles. The summed E-state index contributed by atoms with van der Waals surface area (Å²) in [6.45, 7) is 5.81. The lowest BCUT2D eigenvalue weighted by atomic mass is 10.3. The van der Waals surface area contributed by atoms with Crippen molar-refractivity contribution in [1.29, 1.82) is 0 Å². The van der Waals surface area contributed by atoms with E-state index < -0.39 is 5.41 Å². The van der Waals surface area contributed by atoms with Crippen LogP contribution in [0.5, 0.6) is 0 Å². The molecule has 0 amide bonds. The zero-order valence-corrected chi connectivity index (χ0v) is 8.93. The number of nitrogens with two attached hydrogens (primary N) is 1. The van der Waals surface area contributed by atoms with Crippen molar-refractivity contribution in [3.8, 4) is 0 Å². The number of ether oxygens (including phenoxy) is 2. The Morgan fingerprint density at radius 1 is 1.25 bits per heavy atom. The Hall–Kier alpha value is 0.0969. The average molecular weight is 188 g/mol. The summed E-state index contributed by atoms with van der Waals surface area (Å²) >= 11 is 0. The quantitative estimate of drug-likeness (QED) is 0.470. The van der Waals surface area contributed by atoms with Gasteiger partial charge in [0.1, 0.15) is 15.7 Å². The summed E-state index contributed by atoms with van der Waals surface area (Å²) in [7, 11) is 3.46. The third kappa shape index (κ3) is 4.87. The van der Waals surface area contributed by atoms with Gasteiger partial charge in [-0.25, -0.2) is 0 Å². The lowest BCUT2D eigenvalue weighted by Gasteiger charge is -2.29. The molecule has 0 spiro atoms. The molecule has 0 atom stereocenters. The van der Waals surface area contributed by atoms with Gasteiger partial charge in [0.25, 0.3) is 0 Å². The molecule has 3 radical (unpaired) electrons. The fourth-order valence-electron chi connectivity index (χ4n) is 0.987. The van der Waals surface area contributed by atoms with Crippen LogP contribution < -0.4 is 5.73 Å². The molecule has 0 saturated carbocycles. The van der Waals surface area contributed by atoms with Crippen LogP contribution in [0.3, 0.4) is 0 Å². The summed E-state index contributed by atoms with van der Waals surface area (Å²) in [6.07, 6.45) is 1.67. The molecule has 0 saturated heterocycles. The normalized spacial score (nSPS) is 12.0. The highest BCUT2D eigenvalue weighted by Gasteiger charge is 2.23. The fraction of sp³-hybridized carbons (Fsp3) is 1.00. The molecule has 0 aromatic rings. The summed E-state index contributed by atoms with van der Waals surface area (Å²) < 4.78 is 10.8. The first-order valence-corrected chi connectivity index (χ1v) is 4.91. The summed E-state index contributed by atoms with van der Waals surface area (Å²) in [6, 6.07) is 0. The van der Waals surface area contributed by atoms with E-state index in [1.165, 1.54) is 0 Å². The van der Waals surface area contributed by atoms with Gasteiger partial charge in [-0.15, -0.1) is 0 Å². The van der Waals surface area contributed by atoms with Gasteiger partial charge in [-0.1, -0.05) is 0 Å². The third-order valence-electron chi connectivity index (χ3n) is 1.47. The molecule has 0 rings (SSSR count).